The molecule has 1 saturated carbocycles. The van der Waals surface area contributed by atoms with Crippen LogP contribution in [-0.4, -0.2) is 25.8 Å². The molecule has 0 atom stereocenters. The van der Waals surface area contributed by atoms with Gasteiger partial charge in [-0.1, -0.05) is 0 Å². The van der Waals surface area contributed by atoms with E-state index in [1.165, 1.54) is 0 Å². The van der Waals surface area contributed by atoms with Crippen molar-refractivity contribution >= 4 is 28.6 Å². The van der Waals surface area contributed by atoms with Gasteiger partial charge in [-0.25, -0.2) is 14.5 Å². The minimum atomic E-state index is -1.08. The Bertz CT molecular complexity index is 602. The van der Waals surface area contributed by atoms with Gasteiger partial charge in [0.05, 0.1) is 5.69 Å². The first-order valence-electron chi connectivity index (χ1n) is 5.61. The molecule has 1 aliphatic carbocycles. The molecular weight excluding hydrogens is 345 g/mol. The topological polar surface area (TPSA) is 68.0 Å². The Morgan fingerprint density at radius 1 is 1.33 bits per heavy atom. The predicted molar refractivity (Wildman–Crippen MR) is 73.0 cm³/mol. The molecule has 1 aromatic heterocycles. The lowest BCUT2D eigenvalue weighted by Crippen LogP contribution is -2.03. The van der Waals surface area contributed by atoms with Crippen LogP contribution < -0.4 is 0 Å². The van der Waals surface area contributed by atoms with Gasteiger partial charge >= 0.3 is 5.97 Å². The molecular formula is C12H10IN3O2. The largest absolute Gasteiger partial charge is 0.475 e. The van der Waals surface area contributed by atoms with Crippen molar-refractivity contribution in [3.05, 3.63) is 39.5 Å². The summed E-state index contributed by atoms with van der Waals surface area (Å²) in [7, 11) is 0. The first kappa shape index (κ1) is 11.6. The van der Waals surface area contributed by atoms with Crippen LogP contribution in [0.15, 0.2) is 24.3 Å². The summed E-state index contributed by atoms with van der Waals surface area (Å²) < 4.78 is 2.78. The van der Waals surface area contributed by atoms with Crippen LogP contribution in [0.3, 0.4) is 0 Å². The minimum Gasteiger partial charge on any atom is -0.475 e. The molecule has 1 aliphatic rings. The van der Waals surface area contributed by atoms with Crippen molar-refractivity contribution in [2.24, 2.45) is 0 Å². The molecule has 0 unspecified atom stereocenters. The number of rotatable bonds is 3. The average Bonchev–Trinajstić information content (AvgIpc) is 3.09. The van der Waals surface area contributed by atoms with Crippen molar-refractivity contribution in [3.8, 4) is 5.69 Å². The summed E-state index contributed by atoms with van der Waals surface area (Å²) in [6.07, 6.45) is 2.12. The molecule has 0 aliphatic heterocycles. The average molecular weight is 355 g/mol. The van der Waals surface area contributed by atoms with Crippen molar-refractivity contribution in [1.29, 1.82) is 0 Å². The van der Waals surface area contributed by atoms with E-state index in [4.69, 9.17) is 5.11 Å². The Morgan fingerprint density at radius 3 is 2.56 bits per heavy atom. The lowest BCUT2D eigenvalue weighted by atomic mass is 10.3. The van der Waals surface area contributed by atoms with Crippen LogP contribution in [0.4, 0.5) is 0 Å². The second-order valence-electron chi connectivity index (χ2n) is 4.26. The molecule has 2 aromatic rings. The van der Waals surface area contributed by atoms with Gasteiger partial charge in [0, 0.05) is 9.49 Å². The maximum absolute atomic E-state index is 11.0. The van der Waals surface area contributed by atoms with E-state index < -0.39 is 5.97 Å². The standard InChI is InChI=1S/C12H10IN3O2/c13-8-3-5-9(6-4-8)16-11(7-1-2-7)14-10(15-16)12(17)18/h3-7H,1-2H2,(H,17,18). The van der Waals surface area contributed by atoms with Gasteiger partial charge in [0.15, 0.2) is 0 Å². The van der Waals surface area contributed by atoms with Crippen LogP contribution in [0.2, 0.25) is 0 Å². The van der Waals surface area contributed by atoms with Crippen LogP contribution in [0.25, 0.3) is 5.69 Å². The zero-order valence-corrected chi connectivity index (χ0v) is 11.5. The number of nitrogens with zero attached hydrogens (tertiary/aromatic N) is 3. The summed E-state index contributed by atoms with van der Waals surface area (Å²) >= 11 is 2.23. The number of benzene rings is 1. The van der Waals surface area contributed by atoms with Gasteiger partial charge in [-0.3, -0.25) is 0 Å². The third-order valence-electron chi connectivity index (χ3n) is 2.84. The highest BCUT2D eigenvalue weighted by atomic mass is 127. The van der Waals surface area contributed by atoms with Gasteiger partial charge in [0.1, 0.15) is 5.82 Å². The van der Waals surface area contributed by atoms with Gasteiger partial charge in [-0.15, -0.1) is 5.10 Å². The first-order chi connectivity index (χ1) is 8.65. The van der Waals surface area contributed by atoms with Crippen LogP contribution in [0.5, 0.6) is 0 Å². The fourth-order valence-electron chi connectivity index (χ4n) is 1.79. The Hall–Kier alpha value is -1.44. The number of aromatic nitrogens is 3. The highest BCUT2D eigenvalue weighted by Crippen LogP contribution is 2.39. The third-order valence-corrected chi connectivity index (χ3v) is 3.56. The van der Waals surface area contributed by atoms with Gasteiger partial charge in [-0.05, 0) is 59.7 Å². The fourth-order valence-corrected chi connectivity index (χ4v) is 2.15. The fraction of sp³-hybridized carbons (Fsp3) is 0.250. The van der Waals surface area contributed by atoms with E-state index in [9.17, 15) is 4.79 Å². The summed E-state index contributed by atoms with van der Waals surface area (Å²) in [6.45, 7) is 0. The molecule has 1 heterocycles. The molecule has 92 valence electrons. The van der Waals surface area contributed by atoms with E-state index in [0.717, 1.165) is 27.9 Å². The number of hydrogen-bond acceptors (Lipinski definition) is 3. The van der Waals surface area contributed by atoms with E-state index in [0.29, 0.717) is 5.92 Å². The van der Waals surface area contributed by atoms with Gasteiger partial charge in [0.2, 0.25) is 0 Å². The molecule has 5 nitrogen and oxygen atoms in total. The van der Waals surface area contributed by atoms with Crippen molar-refractivity contribution in [2.75, 3.05) is 0 Å². The van der Waals surface area contributed by atoms with Crippen molar-refractivity contribution in [1.82, 2.24) is 14.8 Å². The number of carbonyl (C=O) groups is 1. The van der Waals surface area contributed by atoms with Gasteiger partial charge in [-0.2, -0.15) is 0 Å². The second-order valence-corrected chi connectivity index (χ2v) is 5.51. The smallest absolute Gasteiger partial charge is 0.375 e. The highest BCUT2D eigenvalue weighted by Gasteiger charge is 2.31. The third kappa shape index (κ3) is 2.12. The SMILES string of the molecule is O=C(O)c1nc(C2CC2)n(-c2ccc(I)cc2)n1. The minimum absolute atomic E-state index is 0.129. The summed E-state index contributed by atoms with van der Waals surface area (Å²) in [5, 5.41) is 13.1. The zero-order chi connectivity index (χ0) is 12.7. The van der Waals surface area contributed by atoms with Crippen LogP contribution in [0, 0.1) is 3.57 Å². The Labute approximate surface area is 117 Å². The molecule has 0 amide bonds. The van der Waals surface area contributed by atoms with E-state index in [-0.39, 0.29) is 5.82 Å². The van der Waals surface area contributed by atoms with Crippen LogP contribution in [0.1, 0.15) is 35.2 Å². The maximum atomic E-state index is 11.0. The van der Waals surface area contributed by atoms with E-state index >= 15 is 0 Å². The van der Waals surface area contributed by atoms with Gasteiger partial charge in [0.25, 0.3) is 5.82 Å². The molecule has 1 aromatic carbocycles. The molecule has 1 N–H and O–H groups in total. The number of carboxylic acids is 1. The molecule has 0 saturated heterocycles. The molecule has 6 heteroatoms. The molecule has 3 rings (SSSR count). The maximum Gasteiger partial charge on any atom is 0.375 e. The number of hydrogen-bond donors (Lipinski definition) is 1. The van der Waals surface area contributed by atoms with Crippen LogP contribution in [-0.2, 0) is 0 Å². The van der Waals surface area contributed by atoms with E-state index in [1.54, 1.807) is 4.68 Å². The van der Waals surface area contributed by atoms with Crippen molar-refractivity contribution < 1.29 is 9.90 Å². The summed E-state index contributed by atoms with van der Waals surface area (Å²) in [5.74, 6) is -0.102. The van der Waals surface area contributed by atoms with Crippen LogP contribution >= 0.6 is 22.6 Å². The first-order valence-corrected chi connectivity index (χ1v) is 6.69. The van der Waals surface area contributed by atoms with E-state index in [2.05, 4.69) is 32.7 Å². The number of aromatic carboxylic acids is 1. The van der Waals surface area contributed by atoms with Gasteiger partial charge < -0.3 is 5.11 Å². The number of halogens is 1. The lowest BCUT2D eigenvalue weighted by molar-refractivity contribution is 0.0683. The highest BCUT2D eigenvalue weighted by molar-refractivity contribution is 14.1. The predicted octanol–water partition coefficient (Wildman–Crippen LogP) is 2.45. The monoisotopic (exact) mass is 355 g/mol. The zero-order valence-electron chi connectivity index (χ0n) is 9.38. The summed E-state index contributed by atoms with van der Waals surface area (Å²) in [5.41, 5.74) is 0.859. The second kappa shape index (κ2) is 4.34. The molecule has 0 radical (unpaired) electrons. The Morgan fingerprint density at radius 2 is 2.00 bits per heavy atom. The molecule has 0 bridgehead atoms. The summed E-state index contributed by atoms with van der Waals surface area (Å²) in [6, 6.07) is 7.78. The van der Waals surface area contributed by atoms with E-state index in [1.807, 2.05) is 24.3 Å². The van der Waals surface area contributed by atoms with Crippen molar-refractivity contribution in [2.45, 2.75) is 18.8 Å². The molecule has 0 spiro atoms. The number of carboxylic acid groups (broad SMARTS) is 1. The van der Waals surface area contributed by atoms with Crippen molar-refractivity contribution in [3.63, 3.8) is 0 Å². The molecule has 1 fully saturated rings. The Kier molecular flexibility index (Phi) is 2.81. The normalized spacial score (nSPS) is 14.7. The Balaban J connectivity index is 2.09. The molecule has 18 heavy (non-hydrogen) atoms. The summed E-state index contributed by atoms with van der Waals surface area (Å²) in [4.78, 5) is 15.1. The lowest BCUT2D eigenvalue weighted by Gasteiger charge is -2.04. The quantitative estimate of drug-likeness (QED) is 0.859.